The second-order valence-corrected chi connectivity index (χ2v) is 5.79. The van der Waals surface area contributed by atoms with E-state index in [1.54, 1.807) is 12.3 Å². The molecule has 100 valence electrons. The first-order chi connectivity index (χ1) is 9.28. The Bertz CT molecular complexity index is 505. The molecule has 2 aliphatic rings. The summed E-state index contributed by atoms with van der Waals surface area (Å²) in [5.41, 5.74) is 7.21. The van der Waals surface area contributed by atoms with Crippen molar-refractivity contribution in [1.82, 2.24) is 4.98 Å². The van der Waals surface area contributed by atoms with Crippen LogP contribution in [0.2, 0.25) is 0 Å². The van der Waals surface area contributed by atoms with E-state index >= 15 is 0 Å². The summed E-state index contributed by atoms with van der Waals surface area (Å²) in [6, 6.07) is 3.81. The van der Waals surface area contributed by atoms with Gasteiger partial charge in [-0.25, -0.2) is 4.98 Å². The first-order valence-corrected chi connectivity index (χ1v) is 7.18. The number of nitriles is 1. The minimum Gasteiger partial charge on any atom is -0.396 e. The lowest BCUT2D eigenvalue weighted by atomic mass is 9.75. The number of pyridine rings is 1. The zero-order valence-electron chi connectivity index (χ0n) is 11.2. The van der Waals surface area contributed by atoms with E-state index in [-0.39, 0.29) is 0 Å². The highest BCUT2D eigenvalue weighted by Crippen LogP contribution is 2.38. The molecule has 1 aliphatic heterocycles. The number of rotatable bonds is 1. The van der Waals surface area contributed by atoms with Crippen LogP contribution in [0.4, 0.5) is 11.5 Å². The van der Waals surface area contributed by atoms with Gasteiger partial charge in [0.15, 0.2) is 5.82 Å². The molecule has 0 amide bonds. The Morgan fingerprint density at radius 1 is 1.26 bits per heavy atom. The monoisotopic (exact) mass is 256 g/mol. The molecule has 19 heavy (non-hydrogen) atoms. The predicted octanol–water partition coefficient (Wildman–Crippen LogP) is 2.55. The molecule has 1 aromatic heterocycles. The van der Waals surface area contributed by atoms with Crippen molar-refractivity contribution in [3.63, 3.8) is 0 Å². The summed E-state index contributed by atoms with van der Waals surface area (Å²) in [4.78, 5) is 6.70. The lowest BCUT2D eigenvalue weighted by Crippen LogP contribution is -2.42. The van der Waals surface area contributed by atoms with Crippen LogP contribution in [0.5, 0.6) is 0 Å². The van der Waals surface area contributed by atoms with Gasteiger partial charge in [0.05, 0.1) is 11.3 Å². The Morgan fingerprint density at radius 2 is 2.05 bits per heavy atom. The maximum absolute atomic E-state index is 8.86. The number of aromatic nitrogens is 1. The van der Waals surface area contributed by atoms with Crippen LogP contribution >= 0.6 is 0 Å². The van der Waals surface area contributed by atoms with Crippen molar-refractivity contribution in [3.8, 4) is 6.07 Å². The van der Waals surface area contributed by atoms with E-state index in [4.69, 9.17) is 11.0 Å². The first kappa shape index (κ1) is 12.3. The summed E-state index contributed by atoms with van der Waals surface area (Å²) >= 11 is 0. The quantitative estimate of drug-likeness (QED) is 0.838. The van der Waals surface area contributed by atoms with E-state index in [1.165, 1.54) is 32.1 Å². The van der Waals surface area contributed by atoms with E-state index in [2.05, 4.69) is 16.0 Å². The van der Waals surface area contributed by atoms with E-state index < -0.39 is 0 Å². The van der Waals surface area contributed by atoms with Crippen molar-refractivity contribution in [2.24, 2.45) is 11.8 Å². The first-order valence-electron chi connectivity index (χ1n) is 7.18. The Hall–Kier alpha value is -1.76. The van der Waals surface area contributed by atoms with Gasteiger partial charge in [-0.05, 0) is 30.7 Å². The molecular weight excluding hydrogens is 236 g/mol. The fourth-order valence-corrected chi connectivity index (χ4v) is 3.59. The molecule has 1 aromatic rings. The molecule has 2 N–H and O–H groups in total. The Kier molecular flexibility index (Phi) is 3.29. The number of nitrogens with two attached hydrogens (primary N) is 1. The third-order valence-electron chi connectivity index (χ3n) is 4.61. The van der Waals surface area contributed by atoms with Gasteiger partial charge in [-0.2, -0.15) is 5.26 Å². The third-order valence-corrected chi connectivity index (χ3v) is 4.61. The van der Waals surface area contributed by atoms with Crippen LogP contribution in [-0.2, 0) is 0 Å². The number of nitrogen functional groups attached to an aromatic ring is 1. The van der Waals surface area contributed by atoms with Gasteiger partial charge in [0.1, 0.15) is 6.07 Å². The van der Waals surface area contributed by atoms with Gasteiger partial charge in [0, 0.05) is 19.3 Å². The Morgan fingerprint density at radius 3 is 2.79 bits per heavy atom. The van der Waals surface area contributed by atoms with Crippen molar-refractivity contribution in [2.75, 3.05) is 23.7 Å². The topological polar surface area (TPSA) is 65.9 Å². The number of hydrogen-bond acceptors (Lipinski definition) is 4. The van der Waals surface area contributed by atoms with Gasteiger partial charge in [0.25, 0.3) is 0 Å². The minimum atomic E-state index is 0.536. The summed E-state index contributed by atoms with van der Waals surface area (Å²) in [5, 5.41) is 8.86. The summed E-state index contributed by atoms with van der Waals surface area (Å²) in [7, 11) is 0. The van der Waals surface area contributed by atoms with Crippen molar-refractivity contribution in [1.29, 1.82) is 5.26 Å². The summed E-state index contributed by atoms with van der Waals surface area (Å²) in [5.74, 6) is 2.58. The molecular formula is C15H20N4. The predicted molar refractivity (Wildman–Crippen MR) is 75.6 cm³/mol. The zero-order chi connectivity index (χ0) is 13.2. The normalized spacial score (nSPS) is 26.6. The average molecular weight is 256 g/mol. The van der Waals surface area contributed by atoms with Crippen LogP contribution in [0, 0.1) is 23.2 Å². The molecule has 1 saturated heterocycles. The van der Waals surface area contributed by atoms with Gasteiger partial charge in [-0.3, -0.25) is 0 Å². The van der Waals surface area contributed by atoms with Crippen LogP contribution < -0.4 is 10.6 Å². The maximum atomic E-state index is 8.86. The van der Waals surface area contributed by atoms with Gasteiger partial charge >= 0.3 is 0 Å². The minimum absolute atomic E-state index is 0.536. The smallest absolute Gasteiger partial charge is 0.151 e. The largest absolute Gasteiger partial charge is 0.396 e. The maximum Gasteiger partial charge on any atom is 0.151 e. The lowest BCUT2D eigenvalue weighted by molar-refractivity contribution is 0.202. The van der Waals surface area contributed by atoms with E-state index in [0.717, 1.165) is 30.7 Å². The zero-order valence-corrected chi connectivity index (χ0v) is 11.2. The van der Waals surface area contributed by atoms with E-state index in [9.17, 15) is 0 Å². The van der Waals surface area contributed by atoms with Gasteiger partial charge in [-0.1, -0.05) is 19.3 Å². The van der Waals surface area contributed by atoms with Gasteiger partial charge in [0.2, 0.25) is 0 Å². The molecule has 0 radical (unpaired) electrons. The van der Waals surface area contributed by atoms with Crippen LogP contribution in [0.3, 0.4) is 0 Å². The molecule has 4 nitrogen and oxygen atoms in total. The second kappa shape index (κ2) is 5.08. The van der Waals surface area contributed by atoms with Crippen LogP contribution in [-0.4, -0.2) is 18.1 Å². The molecule has 2 heterocycles. The molecule has 0 spiro atoms. The SMILES string of the molecule is N#Cc1cnc(N2CCC3CCCCC3C2)c(N)c1. The van der Waals surface area contributed by atoms with Crippen LogP contribution in [0.1, 0.15) is 37.7 Å². The highest BCUT2D eigenvalue weighted by atomic mass is 15.2. The summed E-state index contributed by atoms with van der Waals surface area (Å²) in [6.45, 7) is 2.12. The molecule has 2 fully saturated rings. The molecule has 0 bridgehead atoms. The Balaban J connectivity index is 1.78. The van der Waals surface area contributed by atoms with Crippen molar-refractivity contribution in [3.05, 3.63) is 17.8 Å². The van der Waals surface area contributed by atoms with E-state index in [0.29, 0.717) is 11.3 Å². The molecule has 1 saturated carbocycles. The highest BCUT2D eigenvalue weighted by molar-refractivity contribution is 5.64. The lowest BCUT2D eigenvalue weighted by Gasteiger charge is -2.42. The molecule has 4 heteroatoms. The number of hydrogen-bond donors (Lipinski definition) is 1. The molecule has 0 aromatic carbocycles. The van der Waals surface area contributed by atoms with E-state index in [1.807, 2.05) is 0 Å². The van der Waals surface area contributed by atoms with Gasteiger partial charge in [-0.15, -0.1) is 0 Å². The molecule has 2 atom stereocenters. The Labute approximate surface area is 114 Å². The van der Waals surface area contributed by atoms with Crippen LogP contribution in [0.15, 0.2) is 12.3 Å². The van der Waals surface area contributed by atoms with Crippen molar-refractivity contribution >= 4 is 11.5 Å². The molecule has 3 rings (SSSR count). The summed E-state index contributed by atoms with van der Waals surface area (Å²) in [6.07, 6.45) is 8.39. The van der Waals surface area contributed by atoms with Gasteiger partial charge < -0.3 is 10.6 Å². The molecule has 1 aliphatic carbocycles. The number of nitrogens with zero attached hydrogens (tertiary/aromatic N) is 3. The van der Waals surface area contributed by atoms with Crippen LogP contribution in [0.25, 0.3) is 0 Å². The fourth-order valence-electron chi connectivity index (χ4n) is 3.59. The standard InChI is InChI=1S/C15H20N4/c16-8-11-7-14(17)15(18-9-11)19-6-5-12-3-1-2-4-13(12)10-19/h7,9,12-13H,1-6,10,17H2. The van der Waals surface area contributed by atoms with Crippen molar-refractivity contribution < 1.29 is 0 Å². The third kappa shape index (κ3) is 2.37. The average Bonchev–Trinajstić information content (AvgIpc) is 2.46. The number of anilines is 2. The fraction of sp³-hybridized carbons (Fsp3) is 0.600. The second-order valence-electron chi connectivity index (χ2n) is 5.79. The number of piperidine rings is 1. The summed E-state index contributed by atoms with van der Waals surface area (Å²) < 4.78 is 0. The molecule has 2 unspecified atom stereocenters. The van der Waals surface area contributed by atoms with Crippen molar-refractivity contribution in [2.45, 2.75) is 32.1 Å². The highest BCUT2D eigenvalue weighted by Gasteiger charge is 2.32. The number of fused-ring (bicyclic) bond motifs is 1.